The molecule has 1 heterocycles. The van der Waals surface area contributed by atoms with E-state index in [2.05, 4.69) is 11.8 Å². The fraction of sp³-hybridized carbons (Fsp3) is 0.400. The molecule has 1 aliphatic heterocycles. The van der Waals surface area contributed by atoms with Crippen LogP contribution in [0.2, 0.25) is 0 Å². The minimum absolute atomic E-state index is 0.384. The lowest BCUT2D eigenvalue weighted by Gasteiger charge is -2.35. The van der Waals surface area contributed by atoms with Crippen molar-refractivity contribution in [1.29, 1.82) is 0 Å². The average molecular weight is 375 g/mol. The van der Waals surface area contributed by atoms with Crippen LogP contribution in [0.5, 0.6) is 5.75 Å². The van der Waals surface area contributed by atoms with E-state index in [1.807, 2.05) is 36.4 Å². The Kier molecular flexibility index (Phi) is 5.84. The molecule has 2 aromatic carbocycles. The van der Waals surface area contributed by atoms with Crippen LogP contribution >= 0.6 is 0 Å². The maximum atomic E-state index is 12.9. The summed E-state index contributed by atoms with van der Waals surface area (Å²) in [5, 5.41) is 0. The van der Waals surface area contributed by atoms with Gasteiger partial charge in [-0.1, -0.05) is 25.5 Å². The Bertz CT molecular complexity index is 809. The van der Waals surface area contributed by atoms with Gasteiger partial charge >= 0.3 is 0 Å². The molecular weight excluding hydrogens is 348 g/mol. The predicted octanol–water partition coefficient (Wildman–Crippen LogP) is 3.16. The summed E-state index contributed by atoms with van der Waals surface area (Å²) in [7, 11) is -1.78. The monoisotopic (exact) mass is 374 g/mol. The molecule has 0 aromatic heterocycles. The zero-order chi connectivity index (χ0) is 18.6. The highest BCUT2D eigenvalue weighted by molar-refractivity contribution is 7.89. The topological polar surface area (TPSA) is 49.9 Å². The summed E-state index contributed by atoms with van der Waals surface area (Å²) in [6, 6.07) is 15.2. The second-order valence-electron chi connectivity index (χ2n) is 6.48. The lowest BCUT2D eigenvalue weighted by Crippen LogP contribution is -2.48. The van der Waals surface area contributed by atoms with Gasteiger partial charge in [0, 0.05) is 31.9 Å². The van der Waals surface area contributed by atoms with Crippen LogP contribution in [0.25, 0.3) is 0 Å². The Morgan fingerprint density at radius 3 is 2.08 bits per heavy atom. The van der Waals surface area contributed by atoms with Gasteiger partial charge in [0.05, 0.1) is 12.0 Å². The van der Waals surface area contributed by atoms with Crippen LogP contribution in [-0.2, 0) is 16.4 Å². The first kappa shape index (κ1) is 18.7. The van der Waals surface area contributed by atoms with Gasteiger partial charge in [-0.2, -0.15) is 4.31 Å². The second kappa shape index (κ2) is 8.10. The van der Waals surface area contributed by atoms with Crippen molar-refractivity contribution in [2.75, 3.05) is 38.2 Å². The highest BCUT2D eigenvalue weighted by Gasteiger charge is 2.28. The molecule has 0 saturated carbocycles. The van der Waals surface area contributed by atoms with Crippen molar-refractivity contribution in [3.8, 4) is 5.75 Å². The average Bonchev–Trinajstić information content (AvgIpc) is 2.69. The molecule has 1 aliphatic rings. The van der Waals surface area contributed by atoms with Crippen molar-refractivity contribution >= 4 is 15.7 Å². The number of hydrogen-bond donors (Lipinski definition) is 0. The summed E-state index contributed by atoms with van der Waals surface area (Å²) in [6.07, 6.45) is 2.03. The van der Waals surface area contributed by atoms with Gasteiger partial charge in [0.2, 0.25) is 10.0 Å². The van der Waals surface area contributed by atoms with Crippen molar-refractivity contribution in [3.05, 3.63) is 54.1 Å². The highest BCUT2D eigenvalue weighted by Crippen LogP contribution is 2.23. The molecule has 0 unspecified atom stereocenters. The summed E-state index contributed by atoms with van der Waals surface area (Å²) in [5.41, 5.74) is 2.27. The SMILES string of the molecule is CCCc1ccc(S(=O)(=O)N2CCN(c3ccc(OC)cc3)CC2)cc1. The van der Waals surface area contributed by atoms with E-state index in [0.29, 0.717) is 31.1 Å². The third-order valence-electron chi connectivity index (χ3n) is 4.78. The molecule has 0 aliphatic carbocycles. The minimum atomic E-state index is -3.42. The largest absolute Gasteiger partial charge is 0.497 e. The summed E-state index contributed by atoms with van der Waals surface area (Å²) in [6.45, 7) is 4.46. The molecule has 0 N–H and O–H groups in total. The first-order valence-corrected chi connectivity index (χ1v) is 10.5. The van der Waals surface area contributed by atoms with Gasteiger partial charge in [0.1, 0.15) is 5.75 Å². The van der Waals surface area contributed by atoms with Crippen LogP contribution in [-0.4, -0.2) is 46.0 Å². The lowest BCUT2D eigenvalue weighted by molar-refractivity contribution is 0.384. The van der Waals surface area contributed by atoms with E-state index in [1.54, 1.807) is 23.5 Å². The molecule has 0 bridgehead atoms. The zero-order valence-electron chi connectivity index (χ0n) is 15.4. The summed E-state index contributed by atoms with van der Waals surface area (Å²) in [4.78, 5) is 2.59. The number of sulfonamides is 1. The molecule has 140 valence electrons. The van der Waals surface area contributed by atoms with Gasteiger partial charge in [0.15, 0.2) is 0 Å². The van der Waals surface area contributed by atoms with E-state index < -0.39 is 10.0 Å². The number of piperazine rings is 1. The van der Waals surface area contributed by atoms with Crippen LogP contribution in [0, 0.1) is 0 Å². The van der Waals surface area contributed by atoms with Gasteiger partial charge in [-0.05, 0) is 48.4 Å². The van der Waals surface area contributed by atoms with Crippen LogP contribution in [0.3, 0.4) is 0 Å². The number of anilines is 1. The van der Waals surface area contributed by atoms with Gasteiger partial charge in [-0.25, -0.2) is 8.42 Å². The minimum Gasteiger partial charge on any atom is -0.497 e. The van der Waals surface area contributed by atoms with E-state index in [1.165, 1.54) is 5.56 Å². The molecule has 1 fully saturated rings. The molecule has 26 heavy (non-hydrogen) atoms. The molecular formula is C20H26N2O3S. The maximum Gasteiger partial charge on any atom is 0.243 e. The Balaban J connectivity index is 1.66. The van der Waals surface area contributed by atoms with E-state index in [-0.39, 0.29) is 0 Å². The number of benzene rings is 2. The number of nitrogens with zero attached hydrogens (tertiary/aromatic N) is 2. The van der Waals surface area contributed by atoms with Gasteiger partial charge in [0.25, 0.3) is 0 Å². The normalized spacial score (nSPS) is 15.8. The standard InChI is InChI=1S/C20H26N2O3S/c1-3-4-17-5-11-20(12-6-17)26(23,24)22-15-13-21(14-16-22)18-7-9-19(25-2)10-8-18/h5-12H,3-4,13-16H2,1-2H3. The second-order valence-corrected chi connectivity index (χ2v) is 8.42. The number of aryl methyl sites for hydroxylation is 1. The van der Waals surface area contributed by atoms with Crippen molar-refractivity contribution in [3.63, 3.8) is 0 Å². The predicted molar refractivity (Wildman–Crippen MR) is 104 cm³/mol. The van der Waals surface area contributed by atoms with Crippen molar-refractivity contribution in [1.82, 2.24) is 4.31 Å². The molecule has 0 atom stereocenters. The van der Waals surface area contributed by atoms with E-state index in [0.717, 1.165) is 24.3 Å². The Morgan fingerprint density at radius 2 is 1.54 bits per heavy atom. The molecule has 0 radical (unpaired) electrons. The molecule has 6 heteroatoms. The third-order valence-corrected chi connectivity index (χ3v) is 6.69. The fourth-order valence-corrected chi connectivity index (χ4v) is 4.67. The summed E-state index contributed by atoms with van der Waals surface area (Å²) >= 11 is 0. The molecule has 0 spiro atoms. The van der Waals surface area contributed by atoms with E-state index >= 15 is 0 Å². The van der Waals surface area contributed by atoms with Gasteiger partial charge in [-0.3, -0.25) is 0 Å². The molecule has 0 amide bonds. The van der Waals surface area contributed by atoms with Crippen LogP contribution in [0.4, 0.5) is 5.69 Å². The zero-order valence-corrected chi connectivity index (χ0v) is 16.2. The van der Waals surface area contributed by atoms with Crippen molar-refractivity contribution < 1.29 is 13.2 Å². The van der Waals surface area contributed by atoms with Crippen LogP contribution < -0.4 is 9.64 Å². The summed E-state index contributed by atoms with van der Waals surface area (Å²) in [5.74, 6) is 0.821. The Morgan fingerprint density at radius 1 is 0.923 bits per heavy atom. The van der Waals surface area contributed by atoms with Crippen molar-refractivity contribution in [2.24, 2.45) is 0 Å². The number of ether oxygens (including phenoxy) is 1. The number of methoxy groups -OCH3 is 1. The third kappa shape index (κ3) is 4.02. The molecule has 3 rings (SSSR count). The number of hydrogen-bond acceptors (Lipinski definition) is 4. The first-order valence-electron chi connectivity index (χ1n) is 9.02. The van der Waals surface area contributed by atoms with Crippen molar-refractivity contribution in [2.45, 2.75) is 24.7 Å². The summed E-state index contributed by atoms with van der Waals surface area (Å²) < 4.78 is 32.5. The lowest BCUT2D eigenvalue weighted by atomic mass is 10.1. The Hall–Kier alpha value is -2.05. The van der Waals surface area contributed by atoms with E-state index in [4.69, 9.17) is 4.74 Å². The molecule has 2 aromatic rings. The van der Waals surface area contributed by atoms with Gasteiger partial charge < -0.3 is 9.64 Å². The Labute approximate surface area is 156 Å². The van der Waals surface area contributed by atoms with Crippen LogP contribution in [0.15, 0.2) is 53.4 Å². The first-order chi connectivity index (χ1) is 12.5. The molecule has 5 nitrogen and oxygen atoms in total. The van der Waals surface area contributed by atoms with E-state index in [9.17, 15) is 8.42 Å². The molecule has 1 saturated heterocycles. The maximum absolute atomic E-state index is 12.9. The fourth-order valence-electron chi connectivity index (χ4n) is 3.25. The quantitative estimate of drug-likeness (QED) is 0.779. The van der Waals surface area contributed by atoms with Crippen LogP contribution in [0.1, 0.15) is 18.9 Å². The number of rotatable bonds is 6. The smallest absolute Gasteiger partial charge is 0.243 e. The van der Waals surface area contributed by atoms with Gasteiger partial charge in [-0.15, -0.1) is 0 Å². The highest BCUT2D eigenvalue weighted by atomic mass is 32.2.